The molecule has 0 aliphatic heterocycles. The summed E-state index contributed by atoms with van der Waals surface area (Å²) in [7, 11) is 0. The van der Waals surface area contributed by atoms with Crippen LogP contribution in [0.2, 0.25) is 0 Å². The van der Waals surface area contributed by atoms with Gasteiger partial charge < -0.3 is 15.0 Å². The van der Waals surface area contributed by atoms with Crippen LogP contribution in [0, 0.1) is 11.3 Å². The van der Waals surface area contributed by atoms with Crippen molar-refractivity contribution in [3.63, 3.8) is 0 Å². The molecule has 2 heterocycles. The lowest BCUT2D eigenvalue weighted by Crippen LogP contribution is -2.37. The minimum Gasteiger partial charge on any atom is -0.481 e. The zero-order chi connectivity index (χ0) is 27.1. The van der Waals surface area contributed by atoms with E-state index in [1.165, 1.54) is 6.07 Å². The molecule has 9 heteroatoms. The number of nitrogens with one attached hydrogen (secondary N) is 1. The van der Waals surface area contributed by atoms with Gasteiger partial charge in [0.15, 0.2) is 0 Å². The van der Waals surface area contributed by atoms with E-state index < -0.39 is 34.6 Å². The highest BCUT2D eigenvalue weighted by molar-refractivity contribution is 6.07. The Morgan fingerprint density at radius 1 is 1.08 bits per heavy atom. The predicted octanol–water partition coefficient (Wildman–Crippen LogP) is 6.27. The summed E-state index contributed by atoms with van der Waals surface area (Å²) in [6.07, 6.45) is 0.789. The molecular formula is C29H28F3N3O3. The van der Waals surface area contributed by atoms with E-state index in [4.69, 9.17) is 0 Å². The fourth-order valence-corrected chi connectivity index (χ4v) is 5.34. The third kappa shape index (κ3) is 4.97. The first-order valence-electron chi connectivity index (χ1n) is 12.6. The highest BCUT2D eigenvalue weighted by Gasteiger charge is 2.39. The molecule has 0 unspecified atom stereocenters. The van der Waals surface area contributed by atoms with Crippen LogP contribution in [0.5, 0.6) is 0 Å². The summed E-state index contributed by atoms with van der Waals surface area (Å²) in [5, 5.41) is 14.6. The number of hydrogen-bond donors (Lipinski definition) is 2. The number of hydrogen-bond acceptors (Lipinski definition) is 3. The fourth-order valence-electron chi connectivity index (χ4n) is 5.34. The van der Waals surface area contributed by atoms with Crippen molar-refractivity contribution in [1.29, 1.82) is 0 Å². The van der Waals surface area contributed by atoms with E-state index in [0.717, 1.165) is 16.8 Å². The van der Waals surface area contributed by atoms with Gasteiger partial charge in [0.25, 0.3) is 5.91 Å². The van der Waals surface area contributed by atoms with Crippen molar-refractivity contribution in [2.24, 2.45) is 11.3 Å². The molecule has 2 aromatic heterocycles. The Bertz CT molecular complexity index is 1520. The van der Waals surface area contributed by atoms with Crippen LogP contribution in [-0.4, -0.2) is 33.1 Å². The molecule has 38 heavy (non-hydrogen) atoms. The molecule has 198 valence electrons. The van der Waals surface area contributed by atoms with E-state index in [1.54, 1.807) is 30.0 Å². The number of carbonyl (C=O) groups excluding carboxylic acids is 1. The third-order valence-corrected chi connectivity index (χ3v) is 7.76. The second-order valence-electron chi connectivity index (χ2n) is 10.4. The SMILES string of the molecule is CC1(C(=O)O)CCC(CNC(=O)c2c(C(F)(F)F)ccc3ccn(Cc4cc5ccccc5cn4)c23)CC1. The number of nitrogens with zero attached hydrogens (tertiary/aromatic N) is 2. The number of carboxylic acids is 1. The summed E-state index contributed by atoms with van der Waals surface area (Å²) < 4.78 is 43.9. The normalized spacial score (nSPS) is 20.1. The minimum atomic E-state index is -4.72. The number of aromatic nitrogens is 2. The third-order valence-electron chi connectivity index (χ3n) is 7.76. The van der Waals surface area contributed by atoms with Gasteiger partial charge in [-0.05, 0) is 62.1 Å². The lowest BCUT2D eigenvalue weighted by atomic mass is 9.72. The van der Waals surface area contributed by atoms with Crippen LogP contribution in [0.15, 0.2) is 60.9 Å². The molecule has 6 nitrogen and oxygen atoms in total. The molecule has 1 fully saturated rings. The molecular weight excluding hydrogens is 495 g/mol. The molecule has 1 amide bonds. The second kappa shape index (κ2) is 9.78. The van der Waals surface area contributed by atoms with Crippen LogP contribution in [0.4, 0.5) is 13.2 Å². The van der Waals surface area contributed by atoms with Crippen LogP contribution in [0.3, 0.4) is 0 Å². The number of benzene rings is 2. The lowest BCUT2D eigenvalue weighted by molar-refractivity contribution is -0.150. The Kier molecular flexibility index (Phi) is 6.63. The first kappa shape index (κ1) is 25.8. The van der Waals surface area contributed by atoms with Gasteiger partial charge >= 0.3 is 12.1 Å². The first-order valence-corrected chi connectivity index (χ1v) is 12.6. The minimum absolute atomic E-state index is 0.00787. The Labute approximate surface area is 217 Å². The lowest BCUT2D eigenvalue weighted by Gasteiger charge is -2.34. The molecule has 0 saturated heterocycles. The van der Waals surface area contributed by atoms with E-state index in [0.29, 0.717) is 36.8 Å². The van der Waals surface area contributed by atoms with Gasteiger partial charge in [0.05, 0.1) is 34.3 Å². The highest BCUT2D eigenvalue weighted by Crippen LogP contribution is 2.39. The van der Waals surface area contributed by atoms with Gasteiger partial charge in [0.2, 0.25) is 0 Å². The maximum absolute atomic E-state index is 14.1. The molecule has 1 aliphatic carbocycles. The van der Waals surface area contributed by atoms with Crippen molar-refractivity contribution < 1.29 is 27.9 Å². The zero-order valence-electron chi connectivity index (χ0n) is 20.9. The molecule has 0 atom stereocenters. The van der Waals surface area contributed by atoms with Crippen molar-refractivity contribution in [2.75, 3.05) is 6.54 Å². The molecule has 5 rings (SSSR count). The zero-order valence-corrected chi connectivity index (χ0v) is 20.9. The summed E-state index contributed by atoms with van der Waals surface area (Å²) in [6, 6.07) is 13.6. The maximum Gasteiger partial charge on any atom is 0.417 e. The Morgan fingerprint density at radius 3 is 2.47 bits per heavy atom. The van der Waals surface area contributed by atoms with Crippen LogP contribution in [0.25, 0.3) is 21.7 Å². The van der Waals surface area contributed by atoms with Crippen molar-refractivity contribution in [1.82, 2.24) is 14.9 Å². The molecule has 0 bridgehead atoms. The summed E-state index contributed by atoms with van der Waals surface area (Å²) >= 11 is 0. The second-order valence-corrected chi connectivity index (χ2v) is 10.4. The quantitative estimate of drug-likeness (QED) is 0.312. The average molecular weight is 524 g/mol. The molecule has 0 spiro atoms. The van der Waals surface area contributed by atoms with Crippen molar-refractivity contribution >= 4 is 33.6 Å². The van der Waals surface area contributed by atoms with Gasteiger partial charge in [-0.1, -0.05) is 30.3 Å². The summed E-state index contributed by atoms with van der Waals surface area (Å²) in [5.41, 5.74) is -1.33. The molecule has 2 aromatic carbocycles. The van der Waals surface area contributed by atoms with Crippen LogP contribution < -0.4 is 5.32 Å². The van der Waals surface area contributed by atoms with Gasteiger partial charge in [-0.15, -0.1) is 0 Å². The molecule has 4 aromatic rings. The van der Waals surface area contributed by atoms with Crippen molar-refractivity contribution in [3.8, 4) is 0 Å². The van der Waals surface area contributed by atoms with Gasteiger partial charge in [-0.25, -0.2) is 0 Å². The number of rotatable bonds is 6. The fraction of sp³-hybridized carbons (Fsp3) is 0.345. The topological polar surface area (TPSA) is 84.2 Å². The van der Waals surface area contributed by atoms with E-state index in [1.807, 2.05) is 30.3 Å². The molecule has 1 saturated carbocycles. The van der Waals surface area contributed by atoms with Crippen LogP contribution in [-0.2, 0) is 17.5 Å². The number of halogens is 3. The molecule has 1 aliphatic rings. The Balaban J connectivity index is 1.44. The van der Waals surface area contributed by atoms with Crippen LogP contribution in [0.1, 0.15) is 54.2 Å². The predicted molar refractivity (Wildman–Crippen MR) is 138 cm³/mol. The maximum atomic E-state index is 14.1. The van der Waals surface area contributed by atoms with E-state index in [9.17, 15) is 27.9 Å². The number of amides is 1. The molecule has 0 radical (unpaired) electrons. The monoisotopic (exact) mass is 523 g/mol. The van der Waals surface area contributed by atoms with Gasteiger partial charge in [-0.3, -0.25) is 14.6 Å². The summed E-state index contributed by atoms with van der Waals surface area (Å²) in [6.45, 7) is 2.10. The number of pyridine rings is 1. The summed E-state index contributed by atoms with van der Waals surface area (Å²) in [4.78, 5) is 29.3. The van der Waals surface area contributed by atoms with Gasteiger partial charge in [0.1, 0.15) is 0 Å². The molecule has 2 N–H and O–H groups in total. The van der Waals surface area contributed by atoms with E-state index >= 15 is 0 Å². The van der Waals surface area contributed by atoms with Crippen molar-refractivity contribution in [2.45, 2.75) is 45.3 Å². The van der Waals surface area contributed by atoms with E-state index in [2.05, 4.69) is 10.3 Å². The number of alkyl halides is 3. The van der Waals surface area contributed by atoms with Gasteiger partial charge in [-0.2, -0.15) is 13.2 Å². The smallest absolute Gasteiger partial charge is 0.417 e. The standard InChI is InChI=1S/C29H28F3N3O3/c1-28(27(37)38)11-8-18(9-12-28)15-34-26(36)24-23(29(30,31)32)7-6-19-10-13-35(25(19)24)17-22-14-20-4-2-3-5-21(20)16-33-22/h2-7,10,13-14,16,18H,8-9,11-12,15,17H2,1H3,(H,34,36)(H,37,38). The van der Waals surface area contributed by atoms with Gasteiger partial charge in [0, 0.05) is 29.7 Å². The number of fused-ring (bicyclic) bond motifs is 2. The first-order chi connectivity index (χ1) is 18.0. The number of carboxylic acid groups (broad SMARTS) is 1. The summed E-state index contributed by atoms with van der Waals surface area (Å²) in [5.74, 6) is -1.63. The van der Waals surface area contributed by atoms with E-state index in [-0.39, 0.29) is 24.5 Å². The Hall–Kier alpha value is -3.88. The highest BCUT2D eigenvalue weighted by atomic mass is 19.4. The number of carbonyl (C=O) groups is 2. The average Bonchev–Trinajstić information content (AvgIpc) is 3.29. The Morgan fingerprint density at radius 2 is 1.79 bits per heavy atom. The van der Waals surface area contributed by atoms with Crippen molar-refractivity contribution in [3.05, 3.63) is 77.7 Å². The number of aliphatic carboxylic acids is 1. The van der Waals surface area contributed by atoms with Crippen LogP contribution >= 0.6 is 0 Å². The largest absolute Gasteiger partial charge is 0.481 e.